The summed E-state index contributed by atoms with van der Waals surface area (Å²) >= 11 is 2.92. The van der Waals surface area contributed by atoms with Crippen molar-refractivity contribution in [1.29, 1.82) is 0 Å². The summed E-state index contributed by atoms with van der Waals surface area (Å²) < 4.78 is 35.6. The number of ether oxygens (including phenoxy) is 1. The molecule has 2 aromatic carbocycles. The molecule has 0 aliphatic carbocycles. The van der Waals surface area contributed by atoms with Crippen molar-refractivity contribution in [2.75, 3.05) is 43.4 Å². The number of halogens is 2. The molecular formula is C50H52F2N16O3S2Si. The number of thiazole rings is 2. The third-order valence-corrected chi connectivity index (χ3v) is 15.1. The minimum absolute atomic E-state index is 0.0987. The molecule has 0 radical (unpaired) electrons. The summed E-state index contributed by atoms with van der Waals surface area (Å²) in [6, 6.07) is 22.2. The Morgan fingerprint density at radius 3 is 1.81 bits per heavy atom. The van der Waals surface area contributed by atoms with Gasteiger partial charge in [-0.2, -0.15) is 0 Å². The number of rotatable bonds is 23. The topological polar surface area (TPSA) is 241 Å². The number of anilines is 2. The van der Waals surface area contributed by atoms with Crippen LogP contribution in [0.3, 0.4) is 0 Å². The number of aromatic amines is 1. The number of para-hydroxylation sites is 4. The van der Waals surface area contributed by atoms with E-state index in [4.69, 9.17) is 4.74 Å². The molecule has 74 heavy (non-hydrogen) atoms. The average molecular weight is 1060 g/mol. The molecule has 19 nitrogen and oxygen atoms in total. The van der Waals surface area contributed by atoms with Crippen LogP contribution in [0.2, 0.25) is 25.7 Å². The summed E-state index contributed by atoms with van der Waals surface area (Å²) in [5.41, 5.74) is 5.13. The second kappa shape index (κ2) is 24.0. The van der Waals surface area contributed by atoms with Gasteiger partial charge in [0.05, 0.1) is 69.6 Å². The van der Waals surface area contributed by atoms with Crippen LogP contribution in [0, 0.1) is 11.6 Å². The number of hydrogen-bond acceptors (Lipinski definition) is 19. The van der Waals surface area contributed by atoms with Gasteiger partial charge in [-0.15, -0.1) is 0 Å². The molecule has 0 saturated heterocycles. The highest BCUT2D eigenvalue weighted by molar-refractivity contribution is 7.18. The first kappa shape index (κ1) is 51.4. The van der Waals surface area contributed by atoms with Crippen molar-refractivity contribution in [3.05, 3.63) is 143 Å². The van der Waals surface area contributed by atoms with Gasteiger partial charge in [0.15, 0.2) is 23.3 Å². The Morgan fingerprint density at radius 2 is 1.23 bits per heavy atom. The van der Waals surface area contributed by atoms with Gasteiger partial charge in [-0.05, 0) is 54.6 Å². The molecule has 380 valence electrons. The molecule has 0 saturated carbocycles. The first-order chi connectivity index (χ1) is 36.0. The van der Waals surface area contributed by atoms with E-state index in [2.05, 4.69) is 95.7 Å². The van der Waals surface area contributed by atoms with Crippen molar-refractivity contribution in [1.82, 2.24) is 70.0 Å². The van der Waals surface area contributed by atoms with Crippen molar-refractivity contribution >= 4 is 96.7 Å². The third kappa shape index (κ3) is 13.2. The number of nitrogens with one attached hydrogen (secondary N) is 5. The van der Waals surface area contributed by atoms with Gasteiger partial charge < -0.3 is 31.0 Å². The summed E-state index contributed by atoms with van der Waals surface area (Å²) in [7, 11) is -1.21. The molecule has 24 heteroatoms. The molecule has 5 N–H and O–H groups in total. The Bertz CT molecular complexity index is 3510. The number of aromatic nitrogens is 12. The fourth-order valence-corrected chi connectivity index (χ4v) is 10.1. The lowest BCUT2D eigenvalue weighted by Gasteiger charge is -2.16. The molecule has 10 rings (SSSR count). The second-order valence-electron chi connectivity index (χ2n) is 18.0. The number of H-pyrrole nitrogens is 1. The Hall–Kier alpha value is -7.48. The van der Waals surface area contributed by atoms with E-state index in [1.807, 2.05) is 53.1 Å². The smallest absolute Gasteiger partial charge is 0.212 e. The molecule has 0 spiro atoms. The van der Waals surface area contributed by atoms with E-state index in [9.17, 15) is 18.4 Å². The maximum Gasteiger partial charge on any atom is 0.212 e. The number of Topliss-reactive ketones (excluding diaryl/α,β-unsaturated/α-hetero) is 2. The molecular weight excluding hydrogens is 1000 g/mol. The highest BCUT2D eigenvalue weighted by Crippen LogP contribution is 2.27. The summed E-state index contributed by atoms with van der Waals surface area (Å²) in [6.45, 7) is 9.71. The monoisotopic (exact) mass is 1050 g/mol. The number of benzene rings is 2. The van der Waals surface area contributed by atoms with Crippen LogP contribution in [-0.2, 0) is 37.4 Å². The summed E-state index contributed by atoms with van der Waals surface area (Å²) in [5.74, 6) is 0.832. The van der Waals surface area contributed by atoms with Crippen LogP contribution in [0.1, 0.15) is 42.6 Å². The Morgan fingerprint density at radius 1 is 0.662 bits per heavy atom. The van der Waals surface area contributed by atoms with Crippen LogP contribution in [-0.4, -0.2) is 112 Å². The van der Waals surface area contributed by atoms with Crippen LogP contribution in [0.15, 0.2) is 97.8 Å². The van der Waals surface area contributed by atoms with Crippen molar-refractivity contribution in [3.8, 4) is 0 Å². The number of pyridine rings is 2. The van der Waals surface area contributed by atoms with Crippen LogP contribution < -0.4 is 21.3 Å². The van der Waals surface area contributed by atoms with Crippen molar-refractivity contribution < 1.29 is 23.1 Å². The van der Waals surface area contributed by atoms with Gasteiger partial charge in [0.1, 0.15) is 51.7 Å². The predicted molar refractivity (Wildman–Crippen MR) is 285 cm³/mol. The van der Waals surface area contributed by atoms with Crippen molar-refractivity contribution in [2.24, 2.45) is 0 Å². The van der Waals surface area contributed by atoms with Crippen LogP contribution in [0.5, 0.6) is 0 Å². The zero-order valence-corrected chi connectivity index (χ0v) is 43.4. The van der Waals surface area contributed by atoms with Gasteiger partial charge in [-0.25, -0.2) is 48.7 Å². The normalized spacial score (nSPS) is 11.6. The maximum absolute atomic E-state index is 13.9. The SMILES string of the molecule is C[Si](C)(C)CCOCn1c(C(=O)CNCCc2nc3c(NCc4ncccc4F)ncnc3s2)nc2ccccc21.O=C(CNCCc1nc2c(NCc3ncccc3F)ncnc2s1)c1nc2ccccc2[nH]1. The van der Waals surface area contributed by atoms with E-state index in [1.54, 1.807) is 24.5 Å². The summed E-state index contributed by atoms with van der Waals surface area (Å²) in [4.78, 5) is 73.5. The van der Waals surface area contributed by atoms with Crippen molar-refractivity contribution in [3.63, 3.8) is 0 Å². The molecule has 0 aliphatic rings. The van der Waals surface area contributed by atoms with E-state index >= 15 is 0 Å². The highest BCUT2D eigenvalue weighted by Gasteiger charge is 2.20. The highest BCUT2D eigenvalue weighted by atomic mass is 32.1. The van der Waals surface area contributed by atoms with Crippen molar-refractivity contribution in [2.45, 2.75) is 58.3 Å². The number of carbonyl (C=O) groups is 2. The summed E-state index contributed by atoms with van der Waals surface area (Å²) in [6.07, 6.45) is 7.24. The first-order valence-electron chi connectivity index (χ1n) is 23.8. The van der Waals surface area contributed by atoms with Crippen LogP contribution in [0.25, 0.3) is 42.8 Å². The molecule has 0 aliphatic heterocycles. The molecule has 10 aromatic rings. The molecule has 0 amide bonds. The van der Waals surface area contributed by atoms with Gasteiger partial charge in [0.2, 0.25) is 11.6 Å². The number of ketones is 2. The lowest BCUT2D eigenvalue weighted by atomic mass is 10.3. The lowest BCUT2D eigenvalue weighted by molar-refractivity contribution is 0.0819. The minimum Gasteiger partial charge on any atom is -0.362 e. The van der Waals surface area contributed by atoms with E-state index < -0.39 is 8.07 Å². The minimum atomic E-state index is -1.21. The van der Waals surface area contributed by atoms with Crippen LogP contribution in [0.4, 0.5) is 20.4 Å². The largest absolute Gasteiger partial charge is 0.362 e. The van der Waals surface area contributed by atoms with E-state index in [-0.39, 0.29) is 49.4 Å². The zero-order valence-electron chi connectivity index (χ0n) is 40.7. The van der Waals surface area contributed by atoms with Crippen LogP contribution >= 0.6 is 22.7 Å². The molecule has 8 aromatic heterocycles. The number of imidazole rings is 2. The fraction of sp³-hybridized carbons (Fsp3) is 0.280. The number of hydrogen-bond donors (Lipinski definition) is 5. The second-order valence-corrected chi connectivity index (χ2v) is 25.8. The quantitative estimate of drug-likeness (QED) is 0.0231. The lowest BCUT2D eigenvalue weighted by Crippen LogP contribution is -2.27. The number of fused-ring (bicyclic) bond motifs is 4. The van der Waals surface area contributed by atoms with Gasteiger partial charge in [-0.3, -0.25) is 24.1 Å². The number of carbonyl (C=O) groups excluding carboxylic acids is 2. The van der Waals surface area contributed by atoms with E-state index in [1.165, 1.54) is 47.5 Å². The Kier molecular flexibility index (Phi) is 16.7. The third-order valence-electron chi connectivity index (χ3n) is 11.4. The standard InChI is InChI=1S/C28H33FN8O2SSi.C22H19FN8OS/c1-41(2,3)14-13-39-18-37-22-9-5-4-8-20(22)35-27(37)23(38)16-30-12-10-24-36-25-26(33-17-34-28(25)40-24)32-15-21-19(29)7-6-11-31-21;23-13-4-3-8-25-16(13)10-26-21-19-22(28-12-27-21)33-18(31-19)7-9-24-11-17(32)20-29-14-5-1-2-6-15(14)30-20/h4-9,11,17,30H,10,12-16,18H2,1-3H3,(H,32,33,34);1-6,8,12,24H,7,9-11H2,(H,29,30)(H,26,27,28). The molecule has 0 bridgehead atoms. The molecule has 0 fully saturated rings. The number of nitrogens with zero attached hydrogens (tertiary/aromatic N) is 11. The zero-order chi connectivity index (χ0) is 51.4. The van der Waals surface area contributed by atoms with E-state index in [0.717, 1.165) is 47.8 Å². The van der Waals surface area contributed by atoms with Gasteiger partial charge in [-0.1, -0.05) is 66.6 Å². The predicted octanol–water partition coefficient (Wildman–Crippen LogP) is 8.03. The fourth-order valence-electron chi connectivity index (χ4n) is 7.49. The molecule has 0 unspecified atom stereocenters. The van der Waals surface area contributed by atoms with Gasteiger partial charge in [0, 0.05) is 53.0 Å². The Balaban J connectivity index is 0.000000186. The van der Waals surface area contributed by atoms with Gasteiger partial charge in [0.25, 0.3) is 0 Å². The maximum atomic E-state index is 13.9. The van der Waals surface area contributed by atoms with Gasteiger partial charge >= 0.3 is 0 Å². The Labute approximate surface area is 432 Å². The van der Waals surface area contributed by atoms with E-state index in [0.29, 0.717) is 85.0 Å². The molecule has 0 atom stereocenters. The average Bonchev–Trinajstić information content (AvgIpc) is 4.21. The first-order valence-corrected chi connectivity index (χ1v) is 29.1. The molecule has 8 heterocycles. The summed E-state index contributed by atoms with van der Waals surface area (Å²) in [5, 5.41) is 14.3.